The molecule has 0 radical (unpaired) electrons. The molecule has 1 atom stereocenters. The maximum atomic E-state index is 12.3. The SMILES string of the molecule is C[C@H](OC(=O)c1csc(-c2ccccc2)n1)C(=O)NC1CCCCCC1. The van der Waals surface area contributed by atoms with Crippen molar-refractivity contribution in [3.8, 4) is 10.6 Å². The predicted molar refractivity (Wildman–Crippen MR) is 102 cm³/mol. The molecular formula is C20H24N2O3S. The van der Waals surface area contributed by atoms with Gasteiger partial charge in [0.2, 0.25) is 0 Å². The average Bonchev–Trinajstić information content (AvgIpc) is 3.02. The standard InChI is InChI=1S/C20H24N2O3S/c1-14(18(23)21-16-11-7-2-3-8-12-16)25-20(24)17-13-26-19(22-17)15-9-5-4-6-10-15/h4-6,9-10,13-14,16H,2-3,7-8,11-12H2,1H3,(H,21,23)/t14-/m0/s1. The number of aromatic nitrogens is 1. The Bertz CT molecular complexity index is 737. The number of amides is 1. The maximum absolute atomic E-state index is 12.3. The molecule has 1 fully saturated rings. The third-order valence-corrected chi connectivity index (χ3v) is 5.48. The number of nitrogens with one attached hydrogen (secondary N) is 1. The maximum Gasteiger partial charge on any atom is 0.358 e. The molecule has 1 N–H and O–H groups in total. The molecule has 1 aliphatic rings. The number of hydrogen-bond acceptors (Lipinski definition) is 5. The van der Waals surface area contributed by atoms with Crippen LogP contribution in [0.25, 0.3) is 10.6 Å². The molecule has 1 saturated carbocycles. The second kappa shape index (κ2) is 8.94. The molecular weight excluding hydrogens is 348 g/mol. The summed E-state index contributed by atoms with van der Waals surface area (Å²) in [6.45, 7) is 1.61. The van der Waals surface area contributed by atoms with Crippen molar-refractivity contribution >= 4 is 23.2 Å². The molecule has 0 spiro atoms. The van der Waals surface area contributed by atoms with Crippen LogP contribution in [0.2, 0.25) is 0 Å². The van der Waals surface area contributed by atoms with E-state index in [9.17, 15) is 9.59 Å². The summed E-state index contributed by atoms with van der Waals surface area (Å²) in [4.78, 5) is 28.9. The van der Waals surface area contributed by atoms with Crippen molar-refractivity contribution < 1.29 is 14.3 Å². The highest BCUT2D eigenvalue weighted by molar-refractivity contribution is 7.13. The van der Waals surface area contributed by atoms with Gasteiger partial charge < -0.3 is 10.1 Å². The molecule has 0 unspecified atom stereocenters. The van der Waals surface area contributed by atoms with Crippen LogP contribution < -0.4 is 5.32 Å². The van der Waals surface area contributed by atoms with Gasteiger partial charge in [-0.1, -0.05) is 56.0 Å². The van der Waals surface area contributed by atoms with E-state index in [1.165, 1.54) is 24.2 Å². The van der Waals surface area contributed by atoms with Crippen molar-refractivity contribution in [3.63, 3.8) is 0 Å². The molecule has 2 aromatic rings. The van der Waals surface area contributed by atoms with Gasteiger partial charge in [-0.2, -0.15) is 0 Å². The highest BCUT2D eigenvalue weighted by atomic mass is 32.1. The Morgan fingerprint density at radius 3 is 2.54 bits per heavy atom. The molecule has 1 heterocycles. The molecule has 3 rings (SSSR count). The molecule has 1 aromatic carbocycles. The lowest BCUT2D eigenvalue weighted by atomic mass is 10.1. The summed E-state index contributed by atoms with van der Waals surface area (Å²) >= 11 is 1.38. The minimum atomic E-state index is -0.826. The van der Waals surface area contributed by atoms with Crippen LogP contribution in [-0.2, 0) is 9.53 Å². The van der Waals surface area contributed by atoms with Crippen LogP contribution in [0.4, 0.5) is 0 Å². The van der Waals surface area contributed by atoms with Crippen LogP contribution in [0.1, 0.15) is 55.9 Å². The minimum absolute atomic E-state index is 0.190. The van der Waals surface area contributed by atoms with Gasteiger partial charge in [-0.05, 0) is 19.8 Å². The third-order valence-electron chi connectivity index (χ3n) is 4.59. The van der Waals surface area contributed by atoms with E-state index in [2.05, 4.69) is 10.3 Å². The lowest BCUT2D eigenvalue weighted by molar-refractivity contribution is -0.129. The summed E-state index contributed by atoms with van der Waals surface area (Å²) in [6.07, 6.45) is 5.90. The minimum Gasteiger partial charge on any atom is -0.448 e. The fourth-order valence-electron chi connectivity index (χ4n) is 3.10. The molecule has 0 bridgehead atoms. The zero-order valence-electron chi connectivity index (χ0n) is 14.9. The number of nitrogens with zero attached hydrogens (tertiary/aromatic N) is 1. The Morgan fingerprint density at radius 2 is 1.85 bits per heavy atom. The van der Waals surface area contributed by atoms with E-state index < -0.39 is 12.1 Å². The van der Waals surface area contributed by atoms with Gasteiger partial charge in [0.1, 0.15) is 5.01 Å². The van der Waals surface area contributed by atoms with Crippen molar-refractivity contribution in [1.29, 1.82) is 0 Å². The molecule has 0 aliphatic heterocycles. The number of benzene rings is 1. The monoisotopic (exact) mass is 372 g/mol. The Labute approximate surface area is 157 Å². The van der Waals surface area contributed by atoms with E-state index in [1.807, 2.05) is 30.3 Å². The Kier molecular flexibility index (Phi) is 6.39. The molecule has 1 aliphatic carbocycles. The van der Waals surface area contributed by atoms with E-state index in [1.54, 1.807) is 12.3 Å². The molecule has 1 aromatic heterocycles. The van der Waals surface area contributed by atoms with Gasteiger partial charge in [-0.25, -0.2) is 9.78 Å². The van der Waals surface area contributed by atoms with Crippen molar-refractivity contribution in [2.45, 2.75) is 57.6 Å². The predicted octanol–water partition coefficient (Wildman–Crippen LogP) is 4.19. The van der Waals surface area contributed by atoms with E-state index in [0.717, 1.165) is 36.3 Å². The van der Waals surface area contributed by atoms with Crippen LogP contribution in [0, 0.1) is 0 Å². The lowest BCUT2D eigenvalue weighted by Gasteiger charge is -2.19. The van der Waals surface area contributed by atoms with Crippen molar-refractivity contribution in [2.75, 3.05) is 0 Å². The van der Waals surface area contributed by atoms with Crippen LogP contribution in [0.3, 0.4) is 0 Å². The number of hydrogen-bond donors (Lipinski definition) is 1. The van der Waals surface area contributed by atoms with Gasteiger partial charge in [-0.15, -0.1) is 11.3 Å². The average molecular weight is 372 g/mol. The van der Waals surface area contributed by atoms with Gasteiger partial charge in [0.15, 0.2) is 11.8 Å². The largest absolute Gasteiger partial charge is 0.448 e. The number of thiazole rings is 1. The van der Waals surface area contributed by atoms with Crippen LogP contribution >= 0.6 is 11.3 Å². The second-order valence-electron chi connectivity index (χ2n) is 6.65. The van der Waals surface area contributed by atoms with E-state index in [4.69, 9.17) is 4.74 Å². The van der Waals surface area contributed by atoms with Crippen LogP contribution in [-0.4, -0.2) is 29.0 Å². The molecule has 6 heteroatoms. The molecule has 26 heavy (non-hydrogen) atoms. The summed E-state index contributed by atoms with van der Waals surface area (Å²) < 4.78 is 5.31. The van der Waals surface area contributed by atoms with E-state index in [-0.39, 0.29) is 17.6 Å². The van der Waals surface area contributed by atoms with Gasteiger partial charge in [-0.3, -0.25) is 4.79 Å². The summed E-state index contributed by atoms with van der Waals surface area (Å²) in [6, 6.07) is 9.85. The zero-order valence-corrected chi connectivity index (χ0v) is 15.8. The van der Waals surface area contributed by atoms with Crippen LogP contribution in [0.15, 0.2) is 35.7 Å². The Morgan fingerprint density at radius 1 is 1.15 bits per heavy atom. The summed E-state index contributed by atoms with van der Waals surface area (Å²) in [5.41, 5.74) is 1.19. The second-order valence-corrected chi connectivity index (χ2v) is 7.51. The van der Waals surface area contributed by atoms with E-state index in [0.29, 0.717) is 0 Å². The molecule has 138 valence electrons. The molecule has 1 amide bonds. The lowest BCUT2D eigenvalue weighted by Crippen LogP contribution is -2.41. The quantitative estimate of drug-likeness (QED) is 0.631. The Balaban J connectivity index is 1.55. The fourth-order valence-corrected chi connectivity index (χ4v) is 3.89. The number of ether oxygens (including phenoxy) is 1. The first-order chi connectivity index (χ1) is 12.6. The number of esters is 1. The van der Waals surface area contributed by atoms with Crippen molar-refractivity contribution in [2.24, 2.45) is 0 Å². The summed E-state index contributed by atoms with van der Waals surface area (Å²) in [5.74, 6) is -0.796. The summed E-state index contributed by atoms with van der Waals surface area (Å²) in [7, 11) is 0. The van der Waals surface area contributed by atoms with Crippen LogP contribution in [0.5, 0.6) is 0 Å². The first kappa shape index (κ1) is 18.6. The summed E-state index contributed by atoms with van der Waals surface area (Å²) in [5, 5.41) is 5.44. The van der Waals surface area contributed by atoms with Gasteiger partial charge in [0.25, 0.3) is 5.91 Å². The highest BCUT2D eigenvalue weighted by Gasteiger charge is 2.23. The highest BCUT2D eigenvalue weighted by Crippen LogP contribution is 2.24. The number of rotatable bonds is 5. The zero-order chi connectivity index (χ0) is 18.4. The molecule has 0 saturated heterocycles. The van der Waals surface area contributed by atoms with Gasteiger partial charge >= 0.3 is 5.97 Å². The fraction of sp³-hybridized carbons (Fsp3) is 0.450. The van der Waals surface area contributed by atoms with Crippen molar-refractivity contribution in [3.05, 3.63) is 41.4 Å². The third kappa shape index (κ3) is 4.91. The Hall–Kier alpha value is -2.21. The van der Waals surface area contributed by atoms with E-state index >= 15 is 0 Å². The van der Waals surface area contributed by atoms with Crippen molar-refractivity contribution in [1.82, 2.24) is 10.3 Å². The number of carbonyl (C=O) groups excluding carboxylic acids is 2. The first-order valence-corrected chi connectivity index (χ1v) is 10.0. The topological polar surface area (TPSA) is 68.3 Å². The van der Waals surface area contributed by atoms with Gasteiger partial charge in [0, 0.05) is 17.0 Å². The van der Waals surface area contributed by atoms with Gasteiger partial charge in [0.05, 0.1) is 0 Å². The smallest absolute Gasteiger partial charge is 0.358 e. The first-order valence-electron chi connectivity index (χ1n) is 9.16. The number of carbonyl (C=O) groups is 2. The normalized spacial score (nSPS) is 16.5. The molecule has 5 nitrogen and oxygen atoms in total.